The second-order valence-electron chi connectivity index (χ2n) is 2.85. The van der Waals surface area contributed by atoms with Crippen LogP contribution in [0.2, 0.25) is 0 Å². The molecule has 1 aliphatic heterocycles. The molecule has 0 radical (unpaired) electrons. The number of nitrogen functional groups attached to an aromatic ring is 1. The van der Waals surface area contributed by atoms with E-state index in [1.54, 1.807) is 10.9 Å². The second-order valence-corrected chi connectivity index (χ2v) is 2.85. The van der Waals surface area contributed by atoms with Gasteiger partial charge in [-0.1, -0.05) is 0 Å². The number of aryl methyl sites for hydroxylation is 1. The Bertz CT molecular complexity index is 269. The Morgan fingerprint density at radius 2 is 2.64 bits per heavy atom. The number of anilines is 1. The number of fused-ring (bicyclic) bond motifs is 1. The summed E-state index contributed by atoms with van der Waals surface area (Å²) in [4.78, 5) is 0. The molecule has 1 atom stereocenters. The molecule has 1 aromatic heterocycles. The largest absolute Gasteiger partial charge is 0.473 e. The van der Waals surface area contributed by atoms with Gasteiger partial charge in [0.05, 0.1) is 12.3 Å². The maximum Gasteiger partial charge on any atom is 0.235 e. The van der Waals surface area contributed by atoms with Gasteiger partial charge in [0.2, 0.25) is 5.88 Å². The van der Waals surface area contributed by atoms with Crippen LogP contribution in [0.4, 0.5) is 5.69 Å². The lowest BCUT2D eigenvalue weighted by Gasteiger charge is -2.21. The average Bonchev–Trinajstić information content (AvgIpc) is 2.33. The van der Waals surface area contributed by atoms with Crippen LogP contribution in [0.15, 0.2) is 6.20 Å². The normalized spacial score (nSPS) is 22.5. The van der Waals surface area contributed by atoms with Crippen LogP contribution < -0.4 is 10.5 Å². The lowest BCUT2D eigenvalue weighted by molar-refractivity contribution is 0.150. The molecule has 4 nitrogen and oxygen atoms in total. The highest BCUT2D eigenvalue weighted by Gasteiger charge is 2.18. The van der Waals surface area contributed by atoms with Gasteiger partial charge in [0.1, 0.15) is 5.69 Å². The summed E-state index contributed by atoms with van der Waals surface area (Å²) in [5, 5.41) is 4.06. The molecule has 2 rings (SSSR count). The number of nitrogens with two attached hydrogens (primary N) is 1. The third-order valence-electron chi connectivity index (χ3n) is 1.88. The summed E-state index contributed by atoms with van der Waals surface area (Å²) in [6, 6.07) is 0. The van der Waals surface area contributed by atoms with Gasteiger partial charge < -0.3 is 10.5 Å². The van der Waals surface area contributed by atoms with Gasteiger partial charge >= 0.3 is 0 Å². The minimum absolute atomic E-state index is 0.265. The molecule has 11 heavy (non-hydrogen) atoms. The predicted molar refractivity (Wildman–Crippen MR) is 41.3 cm³/mol. The molecule has 0 aromatic carbocycles. The maximum absolute atomic E-state index is 5.62. The van der Waals surface area contributed by atoms with E-state index in [1.807, 2.05) is 6.92 Å². The lowest BCUT2D eigenvalue weighted by atomic mass is 10.2. The minimum atomic E-state index is 0.265. The molecule has 2 N–H and O–H groups in total. The van der Waals surface area contributed by atoms with Crippen LogP contribution in [0, 0.1) is 0 Å². The number of ether oxygens (including phenoxy) is 1. The quantitative estimate of drug-likeness (QED) is 0.595. The van der Waals surface area contributed by atoms with Crippen molar-refractivity contribution in [2.24, 2.45) is 0 Å². The average molecular weight is 153 g/mol. The summed E-state index contributed by atoms with van der Waals surface area (Å²) in [6.45, 7) is 2.95. The zero-order valence-corrected chi connectivity index (χ0v) is 6.45. The zero-order valence-electron chi connectivity index (χ0n) is 6.45. The summed E-state index contributed by atoms with van der Waals surface area (Å²) in [5.74, 6) is 0.726. The van der Waals surface area contributed by atoms with Gasteiger partial charge in [-0.15, -0.1) is 0 Å². The Kier molecular flexibility index (Phi) is 1.27. The third kappa shape index (κ3) is 0.943. The highest BCUT2D eigenvalue weighted by Crippen LogP contribution is 2.26. The SMILES string of the molecule is CC1CCn2ncc(N)c2O1. The first-order valence-electron chi connectivity index (χ1n) is 3.75. The third-order valence-corrected chi connectivity index (χ3v) is 1.88. The Morgan fingerprint density at radius 3 is 3.45 bits per heavy atom. The summed E-state index contributed by atoms with van der Waals surface area (Å²) >= 11 is 0. The van der Waals surface area contributed by atoms with E-state index in [0.717, 1.165) is 18.8 Å². The molecule has 0 aliphatic carbocycles. The van der Waals surface area contributed by atoms with Crippen LogP contribution in [-0.2, 0) is 6.54 Å². The molecule has 0 fully saturated rings. The second kappa shape index (κ2) is 2.15. The molecule has 2 heterocycles. The van der Waals surface area contributed by atoms with Crippen molar-refractivity contribution in [2.75, 3.05) is 5.73 Å². The van der Waals surface area contributed by atoms with Crippen molar-refractivity contribution in [2.45, 2.75) is 26.0 Å². The van der Waals surface area contributed by atoms with Gasteiger partial charge in [-0.2, -0.15) is 5.10 Å². The van der Waals surface area contributed by atoms with E-state index in [-0.39, 0.29) is 6.10 Å². The van der Waals surface area contributed by atoms with Crippen molar-refractivity contribution >= 4 is 5.69 Å². The minimum Gasteiger partial charge on any atom is -0.473 e. The smallest absolute Gasteiger partial charge is 0.235 e. The molecule has 1 aromatic rings. The van der Waals surface area contributed by atoms with Gasteiger partial charge in [0, 0.05) is 13.0 Å². The monoisotopic (exact) mass is 153 g/mol. The summed E-state index contributed by atoms with van der Waals surface area (Å²) < 4.78 is 7.28. The van der Waals surface area contributed by atoms with Crippen LogP contribution >= 0.6 is 0 Å². The van der Waals surface area contributed by atoms with Crippen molar-refractivity contribution in [1.29, 1.82) is 0 Å². The highest BCUT2D eigenvalue weighted by molar-refractivity contribution is 5.46. The van der Waals surface area contributed by atoms with Crippen molar-refractivity contribution in [3.8, 4) is 5.88 Å². The first-order chi connectivity index (χ1) is 5.27. The molecular formula is C7H11N3O. The van der Waals surface area contributed by atoms with Gasteiger partial charge in [-0.3, -0.25) is 0 Å². The summed E-state index contributed by atoms with van der Waals surface area (Å²) in [7, 11) is 0. The summed E-state index contributed by atoms with van der Waals surface area (Å²) in [5.41, 5.74) is 6.25. The van der Waals surface area contributed by atoms with Crippen LogP contribution in [-0.4, -0.2) is 15.9 Å². The fourth-order valence-corrected chi connectivity index (χ4v) is 1.23. The molecule has 0 saturated heterocycles. The van der Waals surface area contributed by atoms with Crippen LogP contribution in [0.3, 0.4) is 0 Å². The van der Waals surface area contributed by atoms with Gasteiger partial charge in [-0.25, -0.2) is 4.68 Å². The van der Waals surface area contributed by atoms with E-state index in [1.165, 1.54) is 0 Å². The van der Waals surface area contributed by atoms with E-state index in [0.29, 0.717) is 5.69 Å². The van der Waals surface area contributed by atoms with E-state index >= 15 is 0 Å². The van der Waals surface area contributed by atoms with Crippen LogP contribution in [0.25, 0.3) is 0 Å². The first kappa shape index (κ1) is 6.52. The molecule has 4 heteroatoms. The van der Waals surface area contributed by atoms with Crippen molar-refractivity contribution in [3.05, 3.63) is 6.20 Å². The number of aromatic nitrogens is 2. The molecule has 60 valence electrons. The zero-order chi connectivity index (χ0) is 7.84. The van der Waals surface area contributed by atoms with Crippen LogP contribution in [0.1, 0.15) is 13.3 Å². The maximum atomic E-state index is 5.62. The van der Waals surface area contributed by atoms with Crippen molar-refractivity contribution < 1.29 is 4.74 Å². The molecule has 1 aliphatic rings. The molecular weight excluding hydrogens is 142 g/mol. The van der Waals surface area contributed by atoms with Crippen molar-refractivity contribution in [3.63, 3.8) is 0 Å². The topological polar surface area (TPSA) is 53.1 Å². The fourth-order valence-electron chi connectivity index (χ4n) is 1.23. The number of hydrogen-bond acceptors (Lipinski definition) is 3. The number of rotatable bonds is 0. The summed E-state index contributed by atoms with van der Waals surface area (Å²) in [6.07, 6.45) is 2.91. The molecule has 1 unspecified atom stereocenters. The van der Waals surface area contributed by atoms with Gasteiger partial charge in [-0.05, 0) is 6.92 Å². The van der Waals surface area contributed by atoms with E-state index in [2.05, 4.69) is 5.10 Å². The number of nitrogens with zero attached hydrogens (tertiary/aromatic N) is 2. The highest BCUT2D eigenvalue weighted by atomic mass is 16.5. The van der Waals surface area contributed by atoms with E-state index in [4.69, 9.17) is 10.5 Å². The van der Waals surface area contributed by atoms with E-state index < -0.39 is 0 Å². The molecule has 0 amide bonds. The predicted octanol–water partition coefficient (Wildman–Crippen LogP) is 0.636. The molecule has 0 spiro atoms. The Labute approximate surface area is 64.9 Å². The standard InChI is InChI=1S/C7H11N3O/c1-5-2-3-10-7(11-5)6(8)4-9-10/h4-5H,2-3,8H2,1H3. The van der Waals surface area contributed by atoms with Gasteiger partial charge in [0.25, 0.3) is 0 Å². The fraction of sp³-hybridized carbons (Fsp3) is 0.571. The molecule has 0 saturated carbocycles. The molecule has 0 bridgehead atoms. The Hall–Kier alpha value is -1.19. The lowest BCUT2D eigenvalue weighted by Crippen LogP contribution is -2.23. The Balaban J connectivity index is 2.37. The number of hydrogen-bond donors (Lipinski definition) is 1. The van der Waals surface area contributed by atoms with E-state index in [9.17, 15) is 0 Å². The van der Waals surface area contributed by atoms with Crippen LogP contribution in [0.5, 0.6) is 5.88 Å². The van der Waals surface area contributed by atoms with Crippen molar-refractivity contribution in [1.82, 2.24) is 9.78 Å². The Morgan fingerprint density at radius 1 is 1.82 bits per heavy atom. The van der Waals surface area contributed by atoms with Gasteiger partial charge in [0.15, 0.2) is 0 Å². The first-order valence-corrected chi connectivity index (χ1v) is 3.75.